The molecule has 1 aliphatic heterocycles. The summed E-state index contributed by atoms with van der Waals surface area (Å²) in [6.45, 7) is 5.12. The fourth-order valence-electron chi connectivity index (χ4n) is 3.26. The molecular formula is C16H24N6O2. The van der Waals surface area contributed by atoms with Crippen LogP contribution in [0.25, 0.3) is 0 Å². The van der Waals surface area contributed by atoms with Crippen molar-refractivity contribution >= 4 is 5.97 Å². The zero-order valence-electron chi connectivity index (χ0n) is 14.2. The summed E-state index contributed by atoms with van der Waals surface area (Å²) in [7, 11) is 2.02. The molecule has 1 aliphatic rings. The molecule has 0 saturated carbocycles. The Labute approximate surface area is 141 Å². The molecule has 0 aliphatic carbocycles. The first kappa shape index (κ1) is 16.6. The lowest BCUT2D eigenvalue weighted by Crippen LogP contribution is -2.35. The van der Waals surface area contributed by atoms with Gasteiger partial charge in [0.1, 0.15) is 11.6 Å². The molecule has 8 heteroatoms. The van der Waals surface area contributed by atoms with Gasteiger partial charge in [0.05, 0.1) is 13.0 Å². The highest BCUT2D eigenvalue weighted by molar-refractivity contribution is 5.66. The van der Waals surface area contributed by atoms with Gasteiger partial charge in [0.2, 0.25) is 0 Å². The van der Waals surface area contributed by atoms with Crippen LogP contribution in [0.2, 0.25) is 0 Å². The maximum atomic E-state index is 10.7. The number of carboxylic acid groups (broad SMARTS) is 1. The first-order valence-electron chi connectivity index (χ1n) is 8.34. The molecule has 130 valence electrons. The van der Waals surface area contributed by atoms with E-state index in [4.69, 9.17) is 5.11 Å². The first-order chi connectivity index (χ1) is 11.5. The highest BCUT2D eigenvalue weighted by Gasteiger charge is 2.25. The number of hydrogen-bond donors (Lipinski definition) is 1. The van der Waals surface area contributed by atoms with Gasteiger partial charge in [0.25, 0.3) is 0 Å². The van der Waals surface area contributed by atoms with E-state index in [9.17, 15) is 4.79 Å². The summed E-state index contributed by atoms with van der Waals surface area (Å²) in [6.07, 6.45) is 5.94. The lowest BCUT2D eigenvalue weighted by atomic mass is 9.96. The van der Waals surface area contributed by atoms with E-state index in [1.54, 1.807) is 6.20 Å². The van der Waals surface area contributed by atoms with E-state index in [1.807, 2.05) is 20.2 Å². The van der Waals surface area contributed by atoms with Gasteiger partial charge in [-0.15, -0.1) is 10.2 Å². The number of nitrogens with zero attached hydrogens (tertiary/aromatic N) is 6. The van der Waals surface area contributed by atoms with Gasteiger partial charge in [-0.25, -0.2) is 4.98 Å². The van der Waals surface area contributed by atoms with Crippen LogP contribution in [-0.2, 0) is 18.4 Å². The van der Waals surface area contributed by atoms with E-state index in [-0.39, 0.29) is 6.42 Å². The fourth-order valence-corrected chi connectivity index (χ4v) is 3.26. The quantitative estimate of drug-likeness (QED) is 0.850. The molecule has 0 aromatic carbocycles. The van der Waals surface area contributed by atoms with Crippen molar-refractivity contribution in [2.45, 2.75) is 38.6 Å². The average Bonchev–Trinajstić information content (AvgIpc) is 3.13. The van der Waals surface area contributed by atoms with Crippen molar-refractivity contribution in [2.75, 3.05) is 19.6 Å². The summed E-state index contributed by atoms with van der Waals surface area (Å²) in [5.41, 5.74) is 0. The van der Waals surface area contributed by atoms with Gasteiger partial charge in [0.15, 0.2) is 5.82 Å². The van der Waals surface area contributed by atoms with Gasteiger partial charge in [-0.1, -0.05) is 0 Å². The summed E-state index contributed by atoms with van der Waals surface area (Å²) >= 11 is 0. The van der Waals surface area contributed by atoms with Gasteiger partial charge in [-0.05, 0) is 32.9 Å². The Morgan fingerprint density at radius 1 is 1.33 bits per heavy atom. The van der Waals surface area contributed by atoms with E-state index in [0.717, 1.165) is 43.4 Å². The van der Waals surface area contributed by atoms with E-state index in [1.165, 1.54) is 0 Å². The number of hydrogen-bond acceptors (Lipinski definition) is 5. The molecule has 1 N–H and O–H groups in total. The zero-order chi connectivity index (χ0) is 17.1. The molecule has 2 aromatic heterocycles. The molecule has 1 fully saturated rings. The van der Waals surface area contributed by atoms with Crippen LogP contribution in [0, 0.1) is 6.92 Å². The van der Waals surface area contributed by atoms with Crippen molar-refractivity contribution in [3.63, 3.8) is 0 Å². The second kappa shape index (κ2) is 7.12. The third-order valence-electron chi connectivity index (χ3n) is 4.83. The molecule has 2 aromatic rings. The average molecular weight is 332 g/mol. The number of piperidine rings is 1. The number of imidazole rings is 1. The second-order valence-electron chi connectivity index (χ2n) is 6.40. The van der Waals surface area contributed by atoms with Crippen LogP contribution in [0.4, 0.5) is 0 Å². The van der Waals surface area contributed by atoms with E-state index in [2.05, 4.69) is 29.2 Å². The summed E-state index contributed by atoms with van der Waals surface area (Å²) < 4.78 is 4.15. The minimum Gasteiger partial charge on any atom is -0.481 e. The Morgan fingerprint density at radius 2 is 2.08 bits per heavy atom. The normalized spacial score (nSPS) is 16.6. The van der Waals surface area contributed by atoms with Crippen LogP contribution in [-0.4, -0.2) is 59.9 Å². The number of aromatic nitrogens is 5. The summed E-state index contributed by atoms with van der Waals surface area (Å²) in [6, 6.07) is 0. The topological polar surface area (TPSA) is 89.1 Å². The minimum atomic E-state index is -0.732. The van der Waals surface area contributed by atoms with Crippen molar-refractivity contribution in [3.8, 4) is 0 Å². The van der Waals surface area contributed by atoms with Gasteiger partial charge in [-0.3, -0.25) is 4.79 Å². The van der Waals surface area contributed by atoms with Gasteiger partial charge >= 0.3 is 5.97 Å². The third-order valence-corrected chi connectivity index (χ3v) is 4.83. The minimum absolute atomic E-state index is 0.211. The molecule has 0 unspecified atom stereocenters. The smallest absolute Gasteiger partial charge is 0.304 e. The maximum Gasteiger partial charge on any atom is 0.304 e. The van der Waals surface area contributed by atoms with Crippen LogP contribution in [0.15, 0.2) is 12.4 Å². The van der Waals surface area contributed by atoms with E-state index in [0.29, 0.717) is 19.0 Å². The molecular weight excluding hydrogens is 308 g/mol. The number of rotatable bonds is 6. The monoisotopic (exact) mass is 332 g/mol. The second-order valence-corrected chi connectivity index (χ2v) is 6.40. The number of aryl methyl sites for hydroxylation is 1. The first-order valence-corrected chi connectivity index (χ1v) is 8.34. The van der Waals surface area contributed by atoms with E-state index < -0.39 is 5.97 Å². The zero-order valence-corrected chi connectivity index (χ0v) is 14.2. The highest BCUT2D eigenvalue weighted by Crippen LogP contribution is 2.27. The van der Waals surface area contributed by atoms with Crippen LogP contribution in [0.5, 0.6) is 0 Å². The van der Waals surface area contributed by atoms with Crippen LogP contribution >= 0.6 is 0 Å². The van der Waals surface area contributed by atoms with Gasteiger partial charge in [-0.2, -0.15) is 0 Å². The van der Waals surface area contributed by atoms with Crippen LogP contribution in [0.3, 0.4) is 0 Å². The molecule has 3 heterocycles. The highest BCUT2D eigenvalue weighted by atomic mass is 16.4. The SMILES string of the molecule is Cc1nccn1Cc1nnc(C2CCN(CCC(=O)O)CC2)n1C. The third kappa shape index (κ3) is 3.64. The van der Waals surface area contributed by atoms with Gasteiger partial charge in [0, 0.05) is 31.9 Å². The number of carboxylic acids is 1. The molecule has 8 nitrogen and oxygen atoms in total. The predicted molar refractivity (Wildman–Crippen MR) is 87.7 cm³/mol. The largest absolute Gasteiger partial charge is 0.481 e. The molecule has 0 bridgehead atoms. The summed E-state index contributed by atoms with van der Waals surface area (Å²) in [5, 5.41) is 17.6. The van der Waals surface area contributed by atoms with Crippen LogP contribution < -0.4 is 0 Å². The number of aliphatic carboxylic acids is 1. The van der Waals surface area contributed by atoms with Gasteiger partial charge < -0.3 is 19.1 Å². The summed E-state index contributed by atoms with van der Waals surface area (Å²) in [4.78, 5) is 17.1. The lowest BCUT2D eigenvalue weighted by Gasteiger charge is -2.31. The van der Waals surface area contributed by atoms with E-state index >= 15 is 0 Å². The van der Waals surface area contributed by atoms with Crippen molar-refractivity contribution in [1.29, 1.82) is 0 Å². The fraction of sp³-hybridized carbons (Fsp3) is 0.625. The van der Waals surface area contributed by atoms with Crippen molar-refractivity contribution in [2.24, 2.45) is 7.05 Å². The number of likely N-dealkylation sites (tertiary alicyclic amines) is 1. The molecule has 3 rings (SSSR count). The lowest BCUT2D eigenvalue weighted by molar-refractivity contribution is -0.137. The molecule has 1 saturated heterocycles. The number of carbonyl (C=O) groups is 1. The Hall–Kier alpha value is -2.22. The standard InChI is InChI=1S/C16H24N6O2/c1-12-17-6-10-22(12)11-14-18-19-16(20(14)2)13-3-7-21(8-4-13)9-5-15(23)24/h6,10,13H,3-5,7-9,11H2,1-2H3,(H,23,24). The summed E-state index contributed by atoms with van der Waals surface area (Å²) in [5.74, 6) is 2.58. The Balaban J connectivity index is 1.60. The predicted octanol–water partition coefficient (Wildman–Crippen LogP) is 1.02. The van der Waals surface area contributed by atoms with Crippen molar-refractivity contribution in [3.05, 3.63) is 29.9 Å². The maximum absolute atomic E-state index is 10.7. The Morgan fingerprint density at radius 3 is 2.71 bits per heavy atom. The molecule has 0 radical (unpaired) electrons. The van der Waals surface area contributed by atoms with Crippen LogP contribution in [0.1, 0.15) is 42.7 Å². The van der Waals surface area contributed by atoms with Crippen molar-refractivity contribution in [1.82, 2.24) is 29.2 Å². The Kier molecular flexibility index (Phi) is 4.94. The molecule has 0 atom stereocenters. The van der Waals surface area contributed by atoms with Crippen molar-refractivity contribution < 1.29 is 9.90 Å². The Bertz CT molecular complexity index is 699. The molecule has 0 amide bonds. The molecule has 24 heavy (non-hydrogen) atoms. The molecule has 0 spiro atoms.